The number of carbonyl (C=O) groups excluding carboxylic acids is 1. The van der Waals surface area contributed by atoms with Crippen LogP contribution in [0.4, 0.5) is 0 Å². The van der Waals surface area contributed by atoms with Crippen molar-refractivity contribution in [2.24, 2.45) is 0 Å². The molecule has 29 heavy (non-hydrogen) atoms. The number of unbranched alkanes of at least 4 members (excludes halogenated alkanes) is 5. The Morgan fingerprint density at radius 3 is 2.34 bits per heavy atom. The monoisotopic (exact) mass is 410 g/mol. The topological polar surface area (TPSA) is 72.2 Å². The minimum Gasteiger partial charge on any atom is -0.478 e. The van der Waals surface area contributed by atoms with Crippen LogP contribution in [0, 0.1) is 0 Å². The summed E-state index contributed by atoms with van der Waals surface area (Å²) in [6.45, 7) is 2.21. The SMILES string of the molecule is CCCCCCCCSc1nc2ccccc2n1C(=O)c1ccccc1C(=O)O. The molecule has 1 aromatic heterocycles. The fourth-order valence-corrected chi connectivity index (χ4v) is 4.32. The van der Waals surface area contributed by atoms with Gasteiger partial charge < -0.3 is 5.11 Å². The van der Waals surface area contributed by atoms with Crippen LogP contribution in [0.5, 0.6) is 0 Å². The third-order valence-electron chi connectivity index (χ3n) is 4.85. The number of hydrogen-bond donors (Lipinski definition) is 1. The van der Waals surface area contributed by atoms with Crippen LogP contribution in [0.3, 0.4) is 0 Å². The molecule has 3 rings (SSSR count). The lowest BCUT2D eigenvalue weighted by Gasteiger charge is -2.10. The highest BCUT2D eigenvalue weighted by molar-refractivity contribution is 7.99. The molecule has 0 aliphatic carbocycles. The van der Waals surface area contributed by atoms with Crippen molar-refractivity contribution in [3.05, 3.63) is 59.7 Å². The molecule has 6 heteroatoms. The van der Waals surface area contributed by atoms with Gasteiger partial charge in [-0.1, -0.05) is 75.1 Å². The molecular formula is C23H26N2O3S. The van der Waals surface area contributed by atoms with Gasteiger partial charge in [0.2, 0.25) is 0 Å². The fraction of sp³-hybridized carbons (Fsp3) is 0.348. The number of carbonyl (C=O) groups is 2. The molecule has 1 heterocycles. The quantitative estimate of drug-likeness (QED) is 0.334. The number of hydrogen-bond acceptors (Lipinski definition) is 4. The molecule has 3 aromatic rings. The fourth-order valence-electron chi connectivity index (χ4n) is 3.32. The van der Waals surface area contributed by atoms with E-state index in [4.69, 9.17) is 0 Å². The molecule has 0 aliphatic heterocycles. The first kappa shape index (κ1) is 21.1. The molecule has 2 aromatic carbocycles. The van der Waals surface area contributed by atoms with E-state index in [2.05, 4.69) is 11.9 Å². The average molecular weight is 411 g/mol. The van der Waals surface area contributed by atoms with Gasteiger partial charge in [0.1, 0.15) is 0 Å². The van der Waals surface area contributed by atoms with Crippen LogP contribution in [0.25, 0.3) is 11.0 Å². The predicted octanol–water partition coefficient (Wildman–Crippen LogP) is 5.88. The Hall–Kier alpha value is -2.60. The molecule has 0 atom stereocenters. The van der Waals surface area contributed by atoms with Crippen molar-refractivity contribution in [3.63, 3.8) is 0 Å². The third-order valence-corrected chi connectivity index (χ3v) is 5.87. The van der Waals surface area contributed by atoms with E-state index < -0.39 is 5.97 Å². The highest BCUT2D eigenvalue weighted by Gasteiger charge is 2.22. The standard InChI is InChI=1S/C23H26N2O3S/c1-2-3-4-5-6-11-16-29-23-24-19-14-9-10-15-20(19)25(23)21(26)17-12-7-8-13-18(17)22(27)28/h7-10,12-15H,2-6,11,16H2,1H3,(H,27,28). The van der Waals surface area contributed by atoms with Gasteiger partial charge >= 0.3 is 5.97 Å². The summed E-state index contributed by atoms with van der Waals surface area (Å²) >= 11 is 1.56. The van der Waals surface area contributed by atoms with Crippen LogP contribution >= 0.6 is 11.8 Å². The number of para-hydroxylation sites is 2. The third kappa shape index (κ3) is 5.07. The molecule has 0 amide bonds. The van der Waals surface area contributed by atoms with Crippen LogP contribution < -0.4 is 0 Å². The van der Waals surface area contributed by atoms with Crippen molar-refractivity contribution >= 4 is 34.7 Å². The van der Waals surface area contributed by atoms with Crippen molar-refractivity contribution in [2.75, 3.05) is 5.75 Å². The van der Waals surface area contributed by atoms with Gasteiger partial charge in [-0.3, -0.25) is 9.36 Å². The highest BCUT2D eigenvalue weighted by Crippen LogP contribution is 2.27. The Labute approximate surface area is 175 Å². The van der Waals surface area contributed by atoms with E-state index >= 15 is 0 Å². The number of rotatable bonds is 10. The number of benzene rings is 2. The summed E-state index contributed by atoms with van der Waals surface area (Å²) in [6, 6.07) is 13.8. The first-order chi connectivity index (χ1) is 14.1. The summed E-state index contributed by atoms with van der Waals surface area (Å²) in [5, 5.41) is 10.1. The van der Waals surface area contributed by atoms with E-state index in [1.165, 1.54) is 38.2 Å². The summed E-state index contributed by atoms with van der Waals surface area (Å²) in [5.74, 6) is -0.592. The highest BCUT2D eigenvalue weighted by atomic mass is 32.2. The predicted molar refractivity (Wildman–Crippen MR) is 117 cm³/mol. The number of aromatic carboxylic acids is 1. The molecule has 0 bridgehead atoms. The Kier molecular flexibility index (Phi) is 7.47. The number of carboxylic acids is 1. The van der Waals surface area contributed by atoms with Crippen LogP contribution in [-0.4, -0.2) is 32.3 Å². The van der Waals surface area contributed by atoms with E-state index in [1.807, 2.05) is 24.3 Å². The summed E-state index contributed by atoms with van der Waals surface area (Å²) < 4.78 is 1.55. The number of carboxylic acid groups (broad SMARTS) is 1. The number of thioether (sulfide) groups is 1. The van der Waals surface area contributed by atoms with E-state index in [1.54, 1.807) is 34.5 Å². The second kappa shape index (κ2) is 10.3. The van der Waals surface area contributed by atoms with Crippen LogP contribution in [0.15, 0.2) is 53.7 Å². The molecule has 0 radical (unpaired) electrons. The Morgan fingerprint density at radius 1 is 0.931 bits per heavy atom. The minimum atomic E-state index is -1.11. The zero-order valence-electron chi connectivity index (χ0n) is 16.6. The summed E-state index contributed by atoms with van der Waals surface area (Å²) in [6.07, 6.45) is 7.25. The Morgan fingerprint density at radius 2 is 1.59 bits per heavy atom. The Balaban J connectivity index is 1.84. The van der Waals surface area contributed by atoms with Crippen molar-refractivity contribution < 1.29 is 14.7 Å². The van der Waals surface area contributed by atoms with E-state index in [0.717, 1.165) is 17.7 Å². The van der Waals surface area contributed by atoms with E-state index in [-0.39, 0.29) is 17.0 Å². The lowest BCUT2D eigenvalue weighted by atomic mass is 10.1. The summed E-state index contributed by atoms with van der Waals surface area (Å²) in [4.78, 5) is 29.5. The minimum absolute atomic E-state index is 0.00200. The Bertz CT molecular complexity index is 997. The molecular weight excluding hydrogens is 384 g/mol. The van der Waals surface area contributed by atoms with Crippen molar-refractivity contribution in [1.29, 1.82) is 0 Å². The molecule has 0 fully saturated rings. The molecule has 1 N–H and O–H groups in total. The summed E-state index contributed by atoms with van der Waals surface area (Å²) in [5.41, 5.74) is 1.61. The second-order valence-electron chi connectivity index (χ2n) is 6.99. The molecule has 0 aliphatic rings. The van der Waals surface area contributed by atoms with Gasteiger partial charge in [0.15, 0.2) is 5.16 Å². The number of nitrogens with zero attached hydrogens (tertiary/aromatic N) is 2. The number of aromatic nitrogens is 2. The molecule has 152 valence electrons. The maximum atomic E-state index is 13.3. The largest absolute Gasteiger partial charge is 0.478 e. The zero-order chi connectivity index (χ0) is 20.6. The maximum absolute atomic E-state index is 13.3. The van der Waals surface area contributed by atoms with Crippen LogP contribution in [0.1, 0.15) is 66.2 Å². The van der Waals surface area contributed by atoms with Gasteiger partial charge in [0, 0.05) is 5.75 Å². The van der Waals surface area contributed by atoms with Gasteiger partial charge in [-0.25, -0.2) is 9.78 Å². The van der Waals surface area contributed by atoms with Crippen molar-refractivity contribution in [2.45, 2.75) is 50.6 Å². The van der Waals surface area contributed by atoms with Crippen LogP contribution in [0.2, 0.25) is 0 Å². The molecule has 0 spiro atoms. The van der Waals surface area contributed by atoms with Gasteiger partial charge in [-0.15, -0.1) is 0 Å². The maximum Gasteiger partial charge on any atom is 0.336 e. The lowest BCUT2D eigenvalue weighted by molar-refractivity contribution is 0.0691. The molecule has 0 unspecified atom stereocenters. The van der Waals surface area contributed by atoms with Gasteiger partial charge in [0.05, 0.1) is 22.2 Å². The smallest absolute Gasteiger partial charge is 0.336 e. The zero-order valence-corrected chi connectivity index (χ0v) is 17.5. The lowest BCUT2D eigenvalue weighted by Crippen LogP contribution is -2.17. The van der Waals surface area contributed by atoms with Gasteiger partial charge in [-0.2, -0.15) is 0 Å². The molecule has 5 nitrogen and oxygen atoms in total. The van der Waals surface area contributed by atoms with Crippen LogP contribution in [-0.2, 0) is 0 Å². The average Bonchev–Trinajstić information content (AvgIpc) is 3.10. The van der Waals surface area contributed by atoms with Crippen molar-refractivity contribution in [1.82, 2.24) is 9.55 Å². The number of fused-ring (bicyclic) bond motifs is 1. The van der Waals surface area contributed by atoms with Crippen molar-refractivity contribution in [3.8, 4) is 0 Å². The van der Waals surface area contributed by atoms with Gasteiger partial charge in [0.25, 0.3) is 5.91 Å². The number of imidazole rings is 1. The second-order valence-corrected chi connectivity index (χ2v) is 8.05. The molecule has 0 saturated heterocycles. The molecule has 0 saturated carbocycles. The first-order valence-electron chi connectivity index (χ1n) is 10.1. The van der Waals surface area contributed by atoms with E-state index in [0.29, 0.717) is 10.7 Å². The first-order valence-corrected chi connectivity index (χ1v) is 11.1. The van der Waals surface area contributed by atoms with Gasteiger partial charge in [-0.05, 0) is 30.7 Å². The normalized spacial score (nSPS) is 11.1. The van der Waals surface area contributed by atoms with E-state index in [9.17, 15) is 14.7 Å². The summed E-state index contributed by atoms with van der Waals surface area (Å²) in [7, 11) is 0.